The molecule has 106 valence electrons. The fraction of sp³-hybridized carbons (Fsp3) is 0.0625. The van der Waals surface area contributed by atoms with Crippen LogP contribution in [0.1, 0.15) is 22.8 Å². The summed E-state index contributed by atoms with van der Waals surface area (Å²) in [5.74, 6) is -0.0584. The second kappa shape index (κ2) is 6.00. The lowest BCUT2D eigenvalue weighted by Gasteiger charge is -2.02. The lowest BCUT2D eigenvalue weighted by atomic mass is 10.0. The van der Waals surface area contributed by atoms with E-state index >= 15 is 0 Å². The van der Waals surface area contributed by atoms with Crippen LogP contribution in [0.5, 0.6) is 5.75 Å². The molecule has 21 heavy (non-hydrogen) atoms. The van der Waals surface area contributed by atoms with Crippen molar-refractivity contribution in [3.05, 3.63) is 75.3 Å². The van der Waals surface area contributed by atoms with Gasteiger partial charge in [0.05, 0.1) is 4.92 Å². The van der Waals surface area contributed by atoms with Gasteiger partial charge >= 0.3 is 0 Å². The van der Waals surface area contributed by atoms with E-state index in [1.165, 1.54) is 24.3 Å². The maximum Gasteiger partial charge on any atom is 0.269 e. The van der Waals surface area contributed by atoms with Crippen LogP contribution in [0.4, 0.5) is 5.69 Å². The number of nitrogens with zero attached hydrogens (tertiary/aromatic N) is 1. The first-order valence-electron chi connectivity index (χ1n) is 6.24. The molecule has 0 aliphatic carbocycles. The average molecular weight is 283 g/mol. The van der Waals surface area contributed by atoms with Crippen LogP contribution in [0.25, 0.3) is 6.08 Å². The van der Waals surface area contributed by atoms with Gasteiger partial charge < -0.3 is 5.11 Å². The molecule has 0 saturated heterocycles. The van der Waals surface area contributed by atoms with Crippen LogP contribution in [0.15, 0.2) is 54.1 Å². The predicted molar refractivity (Wildman–Crippen MR) is 79.2 cm³/mol. The number of phenols is 1. The second-order valence-corrected chi connectivity index (χ2v) is 4.55. The third kappa shape index (κ3) is 3.54. The van der Waals surface area contributed by atoms with Crippen molar-refractivity contribution in [2.75, 3.05) is 0 Å². The molecule has 2 aromatic rings. The Balaban J connectivity index is 2.21. The summed E-state index contributed by atoms with van der Waals surface area (Å²) in [6.45, 7) is 1.68. The number of benzene rings is 2. The smallest absolute Gasteiger partial charge is 0.269 e. The van der Waals surface area contributed by atoms with Crippen molar-refractivity contribution in [2.45, 2.75) is 6.92 Å². The number of nitro benzene ring substituents is 1. The van der Waals surface area contributed by atoms with Gasteiger partial charge in [-0.05, 0) is 60.5 Å². The molecule has 5 heteroatoms. The van der Waals surface area contributed by atoms with Gasteiger partial charge in [-0.15, -0.1) is 0 Å². The molecule has 2 aromatic carbocycles. The molecule has 1 N–H and O–H groups in total. The van der Waals surface area contributed by atoms with Crippen molar-refractivity contribution in [3.8, 4) is 5.75 Å². The monoisotopic (exact) mass is 283 g/mol. The number of aromatic hydroxyl groups is 1. The van der Waals surface area contributed by atoms with E-state index in [0.717, 1.165) is 0 Å². The summed E-state index contributed by atoms with van der Waals surface area (Å²) in [4.78, 5) is 22.3. The Labute approximate surface area is 121 Å². The van der Waals surface area contributed by atoms with Gasteiger partial charge in [0.15, 0.2) is 5.78 Å². The fourth-order valence-electron chi connectivity index (χ4n) is 1.85. The van der Waals surface area contributed by atoms with Crippen LogP contribution in [0, 0.1) is 10.1 Å². The molecule has 0 saturated carbocycles. The number of carbonyl (C=O) groups is 1. The fourth-order valence-corrected chi connectivity index (χ4v) is 1.85. The van der Waals surface area contributed by atoms with Gasteiger partial charge in [-0.1, -0.05) is 0 Å². The Morgan fingerprint density at radius 1 is 1.10 bits per heavy atom. The van der Waals surface area contributed by atoms with Crippen molar-refractivity contribution < 1.29 is 14.8 Å². The number of carbonyl (C=O) groups excluding carboxylic acids is 1. The van der Waals surface area contributed by atoms with Crippen LogP contribution in [0.2, 0.25) is 0 Å². The zero-order valence-corrected chi connectivity index (χ0v) is 11.3. The maximum atomic E-state index is 12.2. The molecule has 0 bridgehead atoms. The number of non-ortho nitro benzene ring substituents is 1. The highest BCUT2D eigenvalue weighted by Gasteiger charge is 2.09. The number of allylic oxidation sites excluding steroid dienone is 1. The van der Waals surface area contributed by atoms with Crippen LogP contribution >= 0.6 is 0 Å². The maximum absolute atomic E-state index is 12.2. The van der Waals surface area contributed by atoms with Crippen LogP contribution < -0.4 is 0 Å². The lowest BCUT2D eigenvalue weighted by molar-refractivity contribution is -0.384. The molecular weight excluding hydrogens is 270 g/mol. The normalized spacial score (nSPS) is 11.2. The van der Waals surface area contributed by atoms with Gasteiger partial charge in [0, 0.05) is 17.7 Å². The van der Waals surface area contributed by atoms with Gasteiger partial charge in [0.25, 0.3) is 5.69 Å². The average Bonchev–Trinajstić information content (AvgIpc) is 2.47. The van der Waals surface area contributed by atoms with Gasteiger partial charge in [-0.3, -0.25) is 14.9 Å². The molecule has 0 aliphatic rings. The van der Waals surface area contributed by atoms with Gasteiger partial charge in [0.2, 0.25) is 0 Å². The zero-order chi connectivity index (χ0) is 15.4. The molecule has 0 amide bonds. The zero-order valence-electron chi connectivity index (χ0n) is 11.3. The van der Waals surface area contributed by atoms with E-state index in [9.17, 15) is 20.0 Å². The minimum Gasteiger partial charge on any atom is -0.508 e. The largest absolute Gasteiger partial charge is 0.508 e. The quantitative estimate of drug-likeness (QED) is 0.402. The van der Waals surface area contributed by atoms with E-state index in [4.69, 9.17) is 0 Å². The first kappa shape index (κ1) is 14.5. The predicted octanol–water partition coefficient (Wildman–Crippen LogP) is 3.59. The third-order valence-electron chi connectivity index (χ3n) is 2.97. The number of Topliss-reactive ketones (excluding diaryl/α,β-unsaturated/α-hetero) is 1. The highest BCUT2D eigenvalue weighted by Crippen LogP contribution is 2.17. The molecule has 0 aromatic heterocycles. The van der Waals surface area contributed by atoms with E-state index in [2.05, 4.69) is 0 Å². The SMILES string of the molecule is C/C(=C\c1ccc([N+](=O)[O-])cc1)C(=O)c1ccc(O)cc1. The van der Waals surface area contributed by atoms with Gasteiger partial charge in [0.1, 0.15) is 5.75 Å². The highest BCUT2D eigenvalue weighted by atomic mass is 16.6. The van der Waals surface area contributed by atoms with Crippen molar-refractivity contribution in [1.29, 1.82) is 0 Å². The minimum absolute atomic E-state index is 0.00895. The van der Waals surface area contributed by atoms with Crippen LogP contribution in [-0.2, 0) is 0 Å². The first-order valence-corrected chi connectivity index (χ1v) is 6.24. The van der Waals surface area contributed by atoms with E-state index in [1.54, 1.807) is 37.3 Å². The first-order chi connectivity index (χ1) is 9.97. The topological polar surface area (TPSA) is 80.4 Å². The molecule has 0 spiro atoms. The Morgan fingerprint density at radius 3 is 2.19 bits per heavy atom. The number of ketones is 1. The number of rotatable bonds is 4. The summed E-state index contributed by atoms with van der Waals surface area (Å²) in [5, 5.41) is 19.8. The number of hydrogen-bond acceptors (Lipinski definition) is 4. The summed E-state index contributed by atoms with van der Waals surface area (Å²) >= 11 is 0. The van der Waals surface area contributed by atoms with E-state index in [-0.39, 0.29) is 17.2 Å². The summed E-state index contributed by atoms with van der Waals surface area (Å²) in [7, 11) is 0. The molecule has 0 aliphatic heterocycles. The lowest BCUT2D eigenvalue weighted by Crippen LogP contribution is -2.00. The molecule has 0 atom stereocenters. The highest BCUT2D eigenvalue weighted by molar-refractivity contribution is 6.10. The summed E-state index contributed by atoms with van der Waals surface area (Å²) in [5.41, 5.74) is 1.71. The minimum atomic E-state index is -0.470. The molecule has 0 heterocycles. The summed E-state index contributed by atoms with van der Waals surface area (Å²) < 4.78 is 0. The van der Waals surface area contributed by atoms with Crippen molar-refractivity contribution in [1.82, 2.24) is 0 Å². The van der Waals surface area contributed by atoms with E-state index in [1.807, 2.05) is 0 Å². The Morgan fingerprint density at radius 2 is 1.67 bits per heavy atom. The third-order valence-corrected chi connectivity index (χ3v) is 2.97. The number of phenolic OH excluding ortho intramolecular Hbond substituents is 1. The number of nitro groups is 1. The van der Waals surface area contributed by atoms with Gasteiger partial charge in [-0.2, -0.15) is 0 Å². The van der Waals surface area contributed by atoms with Gasteiger partial charge in [-0.25, -0.2) is 0 Å². The molecule has 0 unspecified atom stereocenters. The van der Waals surface area contributed by atoms with E-state index < -0.39 is 4.92 Å². The van der Waals surface area contributed by atoms with Crippen molar-refractivity contribution in [2.24, 2.45) is 0 Å². The molecule has 0 radical (unpaired) electrons. The molecule has 2 rings (SSSR count). The summed E-state index contributed by atoms with van der Waals surface area (Å²) in [6, 6.07) is 12.0. The number of hydrogen-bond donors (Lipinski definition) is 1. The van der Waals surface area contributed by atoms with Crippen molar-refractivity contribution >= 4 is 17.5 Å². The van der Waals surface area contributed by atoms with E-state index in [0.29, 0.717) is 16.7 Å². The van der Waals surface area contributed by atoms with Crippen LogP contribution in [-0.4, -0.2) is 15.8 Å². The summed E-state index contributed by atoms with van der Waals surface area (Å²) in [6.07, 6.45) is 1.67. The molecule has 0 fully saturated rings. The second-order valence-electron chi connectivity index (χ2n) is 4.55. The Bertz CT molecular complexity index is 700. The van der Waals surface area contributed by atoms with Crippen molar-refractivity contribution in [3.63, 3.8) is 0 Å². The molecular formula is C16H13NO4. The Hall–Kier alpha value is -2.95. The Kier molecular flexibility index (Phi) is 4.13. The van der Waals surface area contributed by atoms with Crippen LogP contribution in [0.3, 0.4) is 0 Å². The molecule has 5 nitrogen and oxygen atoms in total. The standard InChI is InChI=1S/C16H13NO4/c1-11(16(19)13-4-8-15(18)9-5-13)10-12-2-6-14(7-3-12)17(20)21/h2-10,18H,1H3/b11-10+.